The minimum absolute atomic E-state index is 0.0158. The van der Waals surface area contributed by atoms with Crippen LogP contribution in [0.15, 0.2) is 0 Å². The molecular weight excluding hydrogens is 354 g/mol. The molecule has 0 aliphatic rings. The van der Waals surface area contributed by atoms with Crippen LogP contribution in [-0.2, 0) is 4.79 Å². The number of unbranched alkanes of at least 4 members (excludes halogenated alkanes) is 13. The number of nitrogens with one attached hydrogen (secondary N) is 1. The van der Waals surface area contributed by atoms with Crippen molar-refractivity contribution in [1.82, 2.24) is 5.32 Å². The van der Waals surface area contributed by atoms with Crippen LogP contribution < -0.4 is 5.32 Å². The molecule has 0 saturated carbocycles. The van der Waals surface area contributed by atoms with Gasteiger partial charge in [-0.1, -0.05) is 90.4 Å². The SMILES string of the molecule is CCCCCCCCCCCCCCCCSCC(CO)C(C)NC(C)=O. The van der Waals surface area contributed by atoms with Crippen molar-refractivity contribution < 1.29 is 9.90 Å². The highest BCUT2D eigenvalue weighted by molar-refractivity contribution is 7.99. The molecule has 0 aliphatic carbocycles. The summed E-state index contributed by atoms with van der Waals surface area (Å²) in [5, 5.41) is 12.4. The van der Waals surface area contributed by atoms with Crippen LogP contribution in [0.5, 0.6) is 0 Å². The third-order valence-corrected chi connectivity index (χ3v) is 6.59. The molecule has 2 N–H and O–H groups in total. The van der Waals surface area contributed by atoms with Gasteiger partial charge in [-0.15, -0.1) is 0 Å². The van der Waals surface area contributed by atoms with Crippen LogP contribution in [0.3, 0.4) is 0 Å². The number of aliphatic hydroxyl groups excluding tert-OH is 1. The molecule has 0 aromatic heterocycles. The number of amides is 1. The number of hydrogen-bond donors (Lipinski definition) is 2. The van der Waals surface area contributed by atoms with Crippen molar-refractivity contribution in [2.75, 3.05) is 18.1 Å². The van der Waals surface area contributed by atoms with E-state index in [0.29, 0.717) is 0 Å². The highest BCUT2D eigenvalue weighted by Gasteiger charge is 2.16. The Labute approximate surface area is 173 Å². The van der Waals surface area contributed by atoms with Gasteiger partial charge in [0.1, 0.15) is 0 Å². The van der Waals surface area contributed by atoms with Gasteiger partial charge in [-0.3, -0.25) is 4.79 Å². The Hall–Kier alpha value is -0.220. The normalized spacial score (nSPS) is 13.5. The molecule has 4 heteroatoms. The molecule has 2 atom stereocenters. The lowest BCUT2D eigenvalue weighted by molar-refractivity contribution is -0.119. The fourth-order valence-corrected chi connectivity index (χ4v) is 4.70. The summed E-state index contributed by atoms with van der Waals surface area (Å²) in [6, 6.07) is 0.0522. The predicted molar refractivity (Wildman–Crippen MR) is 121 cm³/mol. The summed E-state index contributed by atoms with van der Waals surface area (Å²) in [5.74, 6) is 2.24. The molecule has 3 nitrogen and oxygen atoms in total. The summed E-state index contributed by atoms with van der Waals surface area (Å²) in [6.07, 6.45) is 19.6. The quantitative estimate of drug-likeness (QED) is 0.234. The molecule has 27 heavy (non-hydrogen) atoms. The molecule has 0 aromatic carbocycles. The molecule has 0 fully saturated rings. The summed E-state index contributed by atoms with van der Waals surface area (Å²) in [5.41, 5.74) is 0. The molecule has 0 aliphatic heterocycles. The van der Waals surface area contributed by atoms with Crippen LogP contribution in [0, 0.1) is 5.92 Å². The van der Waals surface area contributed by atoms with Crippen LogP contribution in [0.25, 0.3) is 0 Å². The van der Waals surface area contributed by atoms with Gasteiger partial charge in [0.15, 0.2) is 0 Å². The fourth-order valence-electron chi connectivity index (χ4n) is 3.43. The van der Waals surface area contributed by atoms with E-state index in [1.165, 1.54) is 103 Å². The first kappa shape index (κ1) is 26.8. The molecule has 0 spiro atoms. The fraction of sp³-hybridized carbons (Fsp3) is 0.957. The maximum Gasteiger partial charge on any atom is 0.217 e. The van der Waals surface area contributed by atoms with Crippen LogP contribution in [0.1, 0.15) is 111 Å². The van der Waals surface area contributed by atoms with Crippen molar-refractivity contribution in [2.45, 2.75) is 117 Å². The second kappa shape index (κ2) is 20.5. The van der Waals surface area contributed by atoms with Crippen LogP contribution in [0.4, 0.5) is 0 Å². The van der Waals surface area contributed by atoms with E-state index in [-0.39, 0.29) is 24.5 Å². The molecule has 0 aromatic rings. The number of hydrogen-bond acceptors (Lipinski definition) is 3. The molecule has 0 rings (SSSR count). The van der Waals surface area contributed by atoms with Crippen molar-refractivity contribution in [3.05, 3.63) is 0 Å². The molecule has 162 valence electrons. The summed E-state index contributed by atoms with van der Waals surface area (Å²) >= 11 is 1.91. The number of aliphatic hydroxyl groups is 1. The topological polar surface area (TPSA) is 49.3 Å². The van der Waals surface area contributed by atoms with E-state index in [1.54, 1.807) is 0 Å². The Morgan fingerprint density at radius 3 is 1.70 bits per heavy atom. The van der Waals surface area contributed by atoms with Crippen LogP contribution in [0.2, 0.25) is 0 Å². The largest absolute Gasteiger partial charge is 0.396 e. The van der Waals surface area contributed by atoms with Crippen molar-refractivity contribution >= 4 is 17.7 Å². The highest BCUT2D eigenvalue weighted by Crippen LogP contribution is 2.16. The molecule has 2 unspecified atom stereocenters. The average Bonchev–Trinajstić information content (AvgIpc) is 2.63. The van der Waals surface area contributed by atoms with Gasteiger partial charge in [0.05, 0.1) is 0 Å². The summed E-state index contributed by atoms with van der Waals surface area (Å²) in [6.45, 7) is 5.94. The second-order valence-corrected chi connectivity index (χ2v) is 9.25. The number of thioether (sulfide) groups is 1. The number of carbonyl (C=O) groups excluding carboxylic acids is 1. The zero-order chi connectivity index (χ0) is 20.2. The van der Waals surface area contributed by atoms with E-state index in [0.717, 1.165) is 5.75 Å². The van der Waals surface area contributed by atoms with Crippen molar-refractivity contribution in [3.63, 3.8) is 0 Å². The molecule has 0 bridgehead atoms. The van der Waals surface area contributed by atoms with E-state index >= 15 is 0 Å². The Morgan fingerprint density at radius 1 is 0.852 bits per heavy atom. The van der Waals surface area contributed by atoms with Crippen molar-refractivity contribution in [3.8, 4) is 0 Å². The molecular formula is C23H47NO2S. The van der Waals surface area contributed by atoms with Gasteiger partial charge in [0, 0.05) is 31.2 Å². The Bertz CT molecular complexity index is 326. The van der Waals surface area contributed by atoms with Crippen LogP contribution >= 0.6 is 11.8 Å². The lowest BCUT2D eigenvalue weighted by atomic mass is 10.0. The average molecular weight is 402 g/mol. The molecule has 0 heterocycles. The van der Waals surface area contributed by atoms with E-state index in [2.05, 4.69) is 12.2 Å². The zero-order valence-corrected chi connectivity index (χ0v) is 19.3. The highest BCUT2D eigenvalue weighted by atomic mass is 32.2. The van der Waals surface area contributed by atoms with Crippen molar-refractivity contribution in [2.24, 2.45) is 5.92 Å². The monoisotopic (exact) mass is 401 g/mol. The van der Waals surface area contributed by atoms with E-state index in [1.807, 2.05) is 18.7 Å². The first-order chi connectivity index (χ1) is 13.1. The molecule has 1 amide bonds. The van der Waals surface area contributed by atoms with Gasteiger partial charge in [-0.05, 0) is 19.1 Å². The van der Waals surface area contributed by atoms with Gasteiger partial charge in [0.2, 0.25) is 5.91 Å². The van der Waals surface area contributed by atoms with Crippen LogP contribution in [-0.4, -0.2) is 35.2 Å². The standard InChI is InChI=1S/C23H47NO2S/c1-4-5-6-7-8-9-10-11-12-13-14-15-16-17-18-27-20-23(19-25)21(2)24-22(3)26/h21,23,25H,4-20H2,1-3H3,(H,24,26). The minimum Gasteiger partial charge on any atom is -0.396 e. The van der Waals surface area contributed by atoms with E-state index in [9.17, 15) is 9.90 Å². The van der Waals surface area contributed by atoms with Gasteiger partial charge in [0.25, 0.3) is 0 Å². The Balaban J connectivity index is 3.29. The Kier molecular flexibility index (Phi) is 20.3. The van der Waals surface area contributed by atoms with E-state index < -0.39 is 0 Å². The first-order valence-electron chi connectivity index (χ1n) is 11.6. The van der Waals surface area contributed by atoms with Crippen molar-refractivity contribution in [1.29, 1.82) is 0 Å². The molecule has 0 radical (unpaired) electrons. The number of carbonyl (C=O) groups is 1. The van der Waals surface area contributed by atoms with E-state index in [4.69, 9.17) is 0 Å². The predicted octanol–water partition coefficient (Wildman–Crippen LogP) is 6.33. The number of rotatable bonds is 20. The summed E-state index contributed by atoms with van der Waals surface area (Å²) < 4.78 is 0. The maximum atomic E-state index is 11.1. The third-order valence-electron chi connectivity index (χ3n) is 5.35. The Morgan fingerprint density at radius 2 is 1.30 bits per heavy atom. The molecule has 0 saturated heterocycles. The lowest BCUT2D eigenvalue weighted by Crippen LogP contribution is -2.39. The van der Waals surface area contributed by atoms with Gasteiger partial charge >= 0.3 is 0 Å². The smallest absolute Gasteiger partial charge is 0.217 e. The van der Waals surface area contributed by atoms with Gasteiger partial charge in [-0.2, -0.15) is 11.8 Å². The van der Waals surface area contributed by atoms with Gasteiger partial charge in [-0.25, -0.2) is 0 Å². The maximum absolute atomic E-state index is 11.1. The van der Waals surface area contributed by atoms with Gasteiger partial charge < -0.3 is 10.4 Å². The minimum atomic E-state index is -0.0158. The second-order valence-electron chi connectivity index (χ2n) is 8.10. The summed E-state index contributed by atoms with van der Waals surface area (Å²) in [4.78, 5) is 11.1. The zero-order valence-electron chi connectivity index (χ0n) is 18.4. The first-order valence-corrected chi connectivity index (χ1v) is 12.7. The third kappa shape index (κ3) is 18.9. The lowest BCUT2D eigenvalue weighted by Gasteiger charge is -2.22. The summed E-state index contributed by atoms with van der Waals surface area (Å²) in [7, 11) is 0.